The summed E-state index contributed by atoms with van der Waals surface area (Å²) in [5.74, 6) is 0.0704. The van der Waals surface area contributed by atoms with E-state index < -0.39 is 11.2 Å². The van der Waals surface area contributed by atoms with Crippen LogP contribution in [0.1, 0.15) is 37.5 Å². The Morgan fingerprint density at radius 1 is 1.36 bits per heavy atom. The predicted octanol–water partition coefficient (Wildman–Crippen LogP) is 2.91. The van der Waals surface area contributed by atoms with Crippen LogP contribution in [-0.4, -0.2) is 27.7 Å². The Balaban J connectivity index is 2.80. The Labute approximate surface area is 145 Å². The lowest BCUT2D eigenvalue weighted by atomic mass is 9.91. The Morgan fingerprint density at radius 3 is 2.60 bits per heavy atom. The van der Waals surface area contributed by atoms with Crippen molar-refractivity contribution >= 4 is 17.0 Å². The average Bonchev–Trinajstić information content (AvgIpc) is 2.53. The molecule has 0 bridgehead atoms. The third-order valence-corrected chi connectivity index (χ3v) is 4.53. The monoisotopic (exact) mass is 348 g/mol. The summed E-state index contributed by atoms with van der Waals surface area (Å²) in [5.41, 5.74) is 0.333. The van der Waals surface area contributed by atoms with Crippen LogP contribution in [0.25, 0.3) is 17.0 Å². The molecule has 0 aliphatic carbocycles. The van der Waals surface area contributed by atoms with Crippen LogP contribution in [0.4, 0.5) is 0 Å². The van der Waals surface area contributed by atoms with Crippen molar-refractivity contribution in [2.24, 2.45) is 5.92 Å². The van der Waals surface area contributed by atoms with E-state index in [1.807, 2.05) is 13.8 Å². The number of hydrogen-bond acceptors (Lipinski definition) is 6. The van der Waals surface area contributed by atoms with Crippen molar-refractivity contribution in [2.75, 3.05) is 6.61 Å². The lowest BCUT2D eigenvalue weighted by Crippen LogP contribution is -2.27. The summed E-state index contributed by atoms with van der Waals surface area (Å²) < 4.78 is 5.37. The van der Waals surface area contributed by atoms with Gasteiger partial charge in [-0.3, -0.25) is 0 Å². The summed E-state index contributed by atoms with van der Waals surface area (Å²) in [7, 11) is 0. The minimum atomic E-state index is -1.09. The highest BCUT2D eigenvalue weighted by atomic mass is 17.1. The lowest BCUT2D eigenvalue weighted by Gasteiger charge is -2.23. The molecule has 1 heterocycles. The number of aryl methyl sites for hydroxylation is 1. The molecule has 1 aromatic carbocycles. The molecule has 1 atom stereocenters. The summed E-state index contributed by atoms with van der Waals surface area (Å²) in [6, 6.07) is 2.97. The normalized spacial score (nSPS) is 14.4. The summed E-state index contributed by atoms with van der Waals surface area (Å²) in [4.78, 5) is 16.4. The quantitative estimate of drug-likeness (QED) is 0.422. The largest absolute Gasteiger partial charge is 0.422 e. The lowest BCUT2D eigenvalue weighted by molar-refractivity contribution is -0.137. The van der Waals surface area contributed by atoms with Crippen LogP contribution in [0.15, 0.2) is 27.4 Å². The molecule has 1 unspecified atom stereocenters. The molecule has 2 rings (SSSR count). The van der Waals surface area contributed by atoms with Gasteiger partial charge >= 0.3 is 5.63 Å². The average molecular weight is 348 g/mol. The summed E-state index contributed by atoms with van der Waals surface area (Å²) >= 11 is 0. The Bertz CT molecular complexity index is 845. The molecule has 0 saturated carbocycles. The number of hydrogen-bond donors (Lipinski definition) is 3. The van der Waals surface area contributed by atoms with Crippen LogP contribution < -0.4 is 10.5 Å². The highest BCUT2D eigenvalue weighted by Crippen LogP contribution is 2.34. The van der Waals surface area contributed by atoms with E-state index in [1.165, 1.54) is 6.07 Å². The van der Waals surface area contributed by atoms with Crippen molar-refractivity contribution < 1.29 is 24.8 Å². The Kier molecular flexibility index (Phi) is 5.67. The van der Waals surface area contributed by atoms with Gasteiger partial charge in [-0.25, -0.2) is 10.1 Å². The summed E-state index contributed by atoms with van der Waals surface area (Å²) in [6.45, 7) is 7.10. The number of aliphatic hydroxyl groups excluding tert-OH is 1. The molecule has 0 aliphatic heterocycles. The van der Waals surface area contributed by atoms with Gasteiger partial charge in [0.15, 0.2) is 5.75 Å². The van der Waals surface area contributed by atoms with Crippen LogP contribution in [0.5, 0.6) is 5.75 Å². The third-order valence-electron chi connectivity index (χ3n) is 4.53. The van der Waals surface area contributed by atoms with Crippen molar-refractivity contribution in [1.29, 1.82) is 0 Å². The van der Waals surface area contributed by atoms with Crippen LogP contribution in [0.2, 0.25) is 0 Å². The van der Waals surface area contributed by atoms with E-state index in [-0.39, 0.29) is 23.9 Å². The van der Waals surface area contributed by atoms with Crippen LogP contribution in [0.3, 0.4) is 0 Å². The number of rotatable bonds is 6. The topological polar surface area (TPSA) is 100 Å². The summed E-state index contributed by atoms with van der Waals surface area (Å²) in [6.07, 6.45) is 3.44. The second kappa shape index (κ2) is 7.39. The summed E-state index contributed by atoms with van der Waals surface area (Å²) in [5, 5.41) is 29.6. The predicted molar refractivity (Wildman–Crippen MR) is 95.8 cm³/mol. The van der Waals surface area contributed by atoms with E-state index in [2.05, 4.69) is 4.89 Å². The highest BCUT2D eigenvalue weighted by molar-refractivity contribution is 5.93. The number of fused-ring (bicyclic) bond motifs is 1. The van der Waals surface area contributed by atoms with E-state index in [0.717, 1.165) is 5.56 Å². The van der Waals surface area contributed by atoms with Gasteiger partial charge in [0, 0.05) is 18.1 Å². The molecule has 25 heavy (non-hydrogen) atoms. The zero-order valence-corrected chi connectivity index (χ0v) is 14.9. The van der Waals surface area contributed by atoms with Crippen molar-refractivity contribution in [3.63, 3.8) is 0 Å². The SMILES string of the molecule is Cc1cc(OO)c(/C=C/C(C)(O)C(C)C)c2oc(=O)cc(CCO)c12. The number of benzene rings is 1. The van der Waals surface area contributed by atoms with E-state index in [1.54, 1.807) is 32.1 Å². The first-order valence-electron chi connectivity index (χ1n) is 8.15. The van der Waals surface area contributed by atoms with Gasteiger partial charge in [0.1, 0.15) is 5.58 Å². The van der Waals surface area contributed by atoms with Gasteiger partial charge in [-0.15, -0.1) is 0 Å². The van der Waals surface area contributed by atoms with E-state index in [0.29, 0.717) is 22.9 Å². The molecule has 0 aliphatic rings. The molecule has 0 radical (unpaired) electrons. The second-order valence-electron chi connectivity index (χ2n) is 6.68. The van der Waals surface area contributed by atoms with Crippen LogP contribution >= 0.6 is 0 Å². The van der Waals surface area contributed by atoms with Crippen molar-refractivity contribution in [3.8, 4) is 5.75 Å². The Hall–Kier alpha value is -2.15. The molecular formula is C19H24O6. The zero-order chi connectivity index (χ0) is 18.8. The van der Waals surface area contributed by atoms with Crippen LogP contribution in [0, 0.1) is 12.8 Å². The maximum absolute atomic E-state index is 11.9. The van der Waals surface area contributed by atoms with E-state index >= 15 is 0 Å². The van der Waals surface area contributed by atoms with Gasteiger partial charge in [0.2, 0.25) is 0 Å². The van der Waals surface area contributed by atoms with Crippen molar-refractivity contribution in [2.45, 2.75) is 39.7 Å². The first-order chi connectivity index (χ1) is 11.7. The standard InChI is InChI=1S/C19H24O6/c1-11(2)19(4,22)7-5-14-15(25-23)9-12(3)17-13(6-8-20)10-16(21)24-18(14)17/h5,7,9-11,20,22-23H,6,8H2,1-4H3/b7-5+. The molecule has 3 N–H and O–H groups in total. The molecule has 2 aromatic rings. The molecule has 0 amide bonds. The van der Waals surface area contributed by atoms with Crippen molar-refractivity contribution in [1.82, 2.24) is 0 Å². The van der Waals surface area contributed by atoms with Gasteiger partial charge in [-0.05, 0) is 49.5 Å². The van der Waals surface area contributed by atoms with Crippen molar-refractivity contribution in [3.05, 3.63) is 45.3 Å². The molecule has 0 spiro atoms. The fraction of sp³-hybridized carbons (Fsp3) is 0.421. The van der Waals surface area contributed by atoms with Gasteiger partial charge in [0.25, 0.3) is 0 Å². The van der Waals surface area contributed by atoms with Gasteiger partial charge < -0.3 is 19.5 Å². The maximum atomic E-state index is 11.9. The van der Waals surface area contributed by atoms with Gasteiger partial charge in [0.05, 0.1) is 11.2 Å². The van der Waals surface area contributed by atoms with E-state index in [9.17, 15) is 20.3 Å². The third kappa shape index (κ3) is 3.92. The molecule has 0 fully saturated rings. The van der Waals surface area contributed by atoms with E-state index in [4.69, 9.17) is 4.42 Å². The Morgan fingerprint density at radius 2 is 2.04 bits per heavy atom. The molecule has 136 valence electrons. The minimum Gasteiger partial charge on any atom is -0.422 e. The molecule has 1 aromatic heterocycles. The van der Waals surface area contributed by atoms with Gasteiger partial charge in [-0.2, -0.15) is 0 Å². The van der Waals surface area contributed by atoms with Crippen LogP contribution in [-0.2, 0) is 6.42 Å². The minimum absolute atomic E-state index is 0.0454. The smallest absolute Gasteiger partial charge is 0.336 e. The molecule has 0 saturated heterocycles. The second-order valence-corrected chi connectivity index (χ2v) is 6.68. The van der Waals surface area contributed by atoms with Gasteiger partial charge in [-0.1, -0.05) is 19.9 Å². The highest BCUT2D eigenvalue weighted by Gasteiger charge is 2.22. The number of aliphatic hydroxyl groups is 2. The molecular weight excluding hydrogens is 324 g/mol. The fourth-order valence-corrected chi connectivity index (χ4v) is 2.62. The first kappa shape index (κ1) is 19.2. The maximum Gasteiger partial charge on any atom is 0.336 e. The first-order valence-corrected chi connectivity index (χ1v) is 8.15. The molecule has 6 nitrogen and oxygen atoms in total. The molecule has 6 heteroatoms. The zero-order valence-electron chi connectivity index (χ0n) is 14.9. The fourth-order valence-electron chi connectivity index (χ4n) is 2.62.